The highest BCUT2D eigenvalue weighted by molar-refractivity contribution is 5.71. The zero-order valence-electron chi connectivity index (χ0n) is 47.5. The molecule has 0 fully saturated rings. The minimum atomic E-state index is -0.765. The molecule has 0 saturated carbocycles. The molecule has 1 atom stereocenters. The molecule has 71 heavy (non-hydrogen) atoms. The highest BCUT2D eigenvalue weighted by atomic mass is 16.6. The fraction of sp³-hybridized carbons (Fsp3) is 0.831. The van der Waals surface area contributed by atoms with E-state index in [0.717, 1.165) is 83.5 Å². The van der Waals surface area contributed by atoms with E-state index in [1.807, 2.05) is 0 Å². The first-order chi connectivity index (χ1) is 35.0. The Kier molecular flexibility index (Phi) is 57.7. The number of rotatable bonds is 57. The summed E-state index contributed by atoms with van der Waals surface area (Å²) in [4.78, 5) is 38.0. The van der Waals surface area contributed by atoms with Gasteiger partial charge in [-0.25, -0.2) is 0 Å². The minimum absolute atomic E-state index is 0.0665. The van der Waals surface area contributed by atoms with Crippen molar-refractivity contribution in [2.45, 2.75) is 335 Å². The first-order valence-corrected chi connectivity index (χ1v) is 31.1. The highest BCUT2D eigenvalue weighted by Crippen LogP contribution is 2.17. The van der Waals surface area contributed by atoms with E-state index in [-0.39, 0.29) is 31.1 Å². The van der Waals surface area contributed by atoms with Crippen molar-refractivity contribution in [3.63, 3.8) is 0 Å². The van der Waals surface area contributed by atoms with Crippen LogP contribution in [-0.4, -0.2) is 37.2 Å². The van der Waals surface area contributed by atoms with Crippen molar-refractivity contribution in [1.82, 2.24) is 0 Å². The van der Waals surface area contributed by atoms with Gasteiger partial charge in [-0.15, -0.1) is 0 Å². The van der Waals surface area contributed by atoms with Gasteiger partial charge in [0.15, 0.2) is 6.10 Å². The largest absolute Gasteiger partial charge is 0.462 e. The van der Waals surface area contributed by atoms with Gasteiger partial charge in [0.05, 0.1) is 0 Å². The van der Waals surface area contributed by atoms with Crippen LogP contribution in [0.25, 0.3) is 0 Å². The molecule has 6 heteroatoms. The van der Waals surface area contributed by atoms with Gasteiger partial charge in [-0.2, -0.15) is 0 Å². The molecule has 0 radical (unpaired) electrons. The zero-order valence-corrected chi connectivity index (χ0v) is 47.5. The Morgan fingerprint density at radius 3 is 0.859 bits per heavy atom. The van der Waals surface area contributed by atoms with Gasteiger partial charge in [-0.1, -0.05) is 301 Å². The predicted octanol–water partition coefficient (Wildman–Crippen LogP) is 21.0. The molecule has 0 aromatic carbocycles. The van der Waals surface area contributed by atoms with Crippen LogP contribution < -0.4 is 0 Å². The number of hydrogen-bond acceptors (Lipinski definition) is 6. The maximum atomic E-state index is 12.8. The summed E-state index contributed by atoms with van der Waals surface area (Å²) in [6.45, 7) is 6.54. The number of carbonyl (C=O) groups is 3. The maximum absolute atomic E-state index is 12.8. The number of hydrogen-bond donors (Lipinski definition) is 0. The van der Waals surface area contributed by atoms with Crippen LogP contribution in [0.4, 0.5) is 0 Å². The summed E-state index contributed by atoms with van der Waals surface area (Å²) in [6, 6.07) is 0. The summed E-state index contributed by atoms with van der Waals surface area (Å²) < 4.78 is 16.8. The van der Waals surface area contributed by atoms with Crippen LogP contribution in [0.1, 0.15) is 329 Å². The molecule has 414 valence electrons. The molecule has 0 amide bonds. The van der Waals surface area contributed by atoms with E-state index in [9.17, 15) is 14.4 Å². The Labute approximate surface area is 441 Å². The number of ether oxygens (including phenoxy) is 3. The minimum Gasteiger partial charge on any atom is -0.462 e. The smallest absolute Gasteiger partial charge is 0.306 e. The quantitative estimate of drug-likeness (QED) is 0.0261. The molecule has 0 heterocycles. The van der Waals surface area contributed by atoms with Crippen molar-refractivity contribution < 1.29 is 28.6 Å². The molecule has 1 unspecified atom stereocenters. The van der Waals surface area contributed by atoms with Gasteiger partial charge in [0, 0.05) is 19.3 Å². The molecular weight excluding hydrogens is 877 g/mol. The Morgan fingerprint density at radius 2 is 0.549 bits per heavy atom. The number of carbonyl (C=O) groups excluding carboxylic acids is 3. The van der Waals surface area contributed by atoms with Gasteiger partial charge in [0.2, 0.25) is 0 Å². The Hall–Kier alpha value is -2.63. The number of unbranched alkanes of at least 4 members (excludes halogenated alkanes) is 38. The molecule has 0 aromatic rings. The molecule has 0 N–H and O–H groups in total. The third kappa shape index (κ3) is 58.1. The van der Waals surface area contributed by atoms with E-state index in [2.05, 4.69) is 69.4 Å². The molecule has 0 aliphatic rings. The SMILES string of the molecule is CC/C=C\C/C=C\C/C=C\C/C=C\CCCCCCCCCCCCCCCCCCCCC(=O)OCC(COC(=O)CCCCCCCCCC)OC(=O)CCCCCCCCCCCCCCCC. The summed E-state index contributed by atoms with van der Waals surface area (Å²) in [5.74, 6) is -0.851. The summed E-state index contributed by atoms with van der Waals surface area (Å²) in [5, 5.41) is 0. The van der Waals surface area contributed by atoms with Gasteiger partial charge in [-0.3, -0.25) is 14.4 Å². The Bertz CT molecular complexity index is 1230. The van der Waals surface area contributed by atoms with Crippen LogP contribution in [0.5, 0.6) is 0 Å². The van der Waals surface area contributed by atoms with E-state index < -0.39 is 6.10 Å². The molecule has 0 aliphatic heterocycles. The summed E-state index contributed by atoms with van der Waals surface area (Å²) in [7, 11) is 0. The average molecular weight is 996 g/mol. The van der Waals surface area contributed by atoms with Crippen LogP contribution in [-0.2, 0) is 28.6 Å². The van der Waals surface area contributed by atoms with Crippen LogP contribution >= 0.6 is 0 Å². The van der Waals surface area contributed by atoms with Crippen molar-refractivity contribution in [2.75, 3.05) is 13.2 Å². The second kappa shape index (κ2) is 59.9. The van der Waals surface area contributed by atoms with Crippen molar-refractivity contribution >= 4 is 17.9 Å². The van der Waals surface area contributed by atoms with Crippen molar-refractivity contribution in [3.8, 4) is 0 Å². The van der Waals surface area contributed by atoms with Gasteiger partial charge in [-0.05, 0) is 57.8 Å². The van der Waals surface area contributed by atoms with E-state index in [4.69, 9.17) is 14.2 Å². The van der Waals surface area contributed by atoms with Gasteiger partial charge >= 0.3 is 17.9 Å². The second-order valence-electron chi connectivity index (χ2n) is 21.0. The van der Waals surface area contributed by atoms with Crippen LogP contribution in [0.2, 0.25) is 0 Å². The number of esters is 3. The van der Waals surface area contributed by atoms with E-state index in [0.29, 0.717) is 19.3 Å². The van der Waals surface area contributed by atoms with E-state index >= 15 is 0 Å². The predicted molar refractivity (Wildman–Crippen MR) is 307 cm³/mol. The fourth-order valence-corrected chi connectivity index (χ4v) is 9.20. The fourth-order valence-electron chi connectivity index (χ4n) is 9.20. The standard InChI is InChI=1S/C65H118O6/c1-4-7-10-13-16-19-21-23-25-26-27-28-29-30-31-32-33-34-35-36-37-38-39-40-41-43-44-46-49-52-55-58-64(67)70-61-62(60-69-63(66)57-54-51-48-18-15-12-9-6-3)71-65(68)59-56-53-50-47-45-42-24-22-20-17-14-11-8-5-2/h7,10,16,19,23,25,27-28,62H,4-6,8-9,11-15,17-18,20-22,24,26,29-61H2,1-3H3/b10-7-,19-16-,25-23-,28-27-. The maximum Gasteiger partial charge on any atom is 0.306 e. The third-order valence-electron chi connectivity index (χ3n) is 13.8. The lowest BCUT2D eigenvalue weighted by Gasteiger charge is -2.18. The van der Waals surface area contributed by atoms with Crippen LogP contribution in [0, 0.1) is 0 Å². The molecule has 0 saturated heterocycles. The average Bonchev–Trinajstić information content (AvgIpc) is 3.37. The monoisotopic (exact) mass is 995 g/mol. The summed E-state index contributed by atoms with van der Waals surface area (Å²) in [5.41, 5.74) is 0. The van der Waals surface area contributed by atoms with Gasteiger partial charge < -0.3 is 14.2 Å². The normalized spacial score (nSPS) is 12.3. The van der Waals surface area contributed by atoms with Crippen molar-refractivity contribution in [1.29, 1.82) is 0 Å². The summed E-state index contributed by atoms with van der Waals surface area (Å²) >= 11 is 0. The molecule has 6 nitrogen and oxygen atoms in total. The first-order valence-electron chi connectivity index (χ1n) is 31.1. The molecule has 0 aromatic heterocycles. The molecule has 0 aliphatic carbocycles. The van der Waals surface area contributed by atoms with Crippen LogP contribution in [0.3, 0.4) is 0 Å². The van der Waals surface area contributed by atoms with Crippen molar-refractivity contribution in [2.24, 2.45) is 0 Å². The second-order valence-corrected chi connectivity index (χ2v) is 21.0. The zero-order chi connectivity index (χ0) is 51.4. The van der Waals surface area contributed by atoms with Gasteiger partial charge in [0.1, 0.15) is 13.2 Å². The Morgan fingerprint density at radius 1 is 0.296 bits per heavy atom. The lowest BCUT2D eigenvalue weighted by Crippen LogP contribution is -2.30. The van der Waals surface area contributed by atoms with Gasteiger partial charge in [0.25, 0.3) is 0 Å². The molecule has 0 rings (SSSR count). The lowest BCUT2D eigenvalue weighted by atomic mass is 10.0. The topological polar surface area (TPSA) is 78.9 Å². The first kappa shape index (κ1) is 68.4. The lowest BCUT2D eigenvalue weighted by molar-refractivity contribution is -0.167. The van der Waals surface area contributed by atoms with Crippen LogP contribution in [0.15, 0.2) is 48.6 Å². The molecular formula is C65H118O6. The molecule has 0 spiro atoms. The van der Waals surface area contributed by atoms with E-state index in [1.54, 1.807) is 0 Å². The third-order valence-corrected chi connectivity index (χ3v) is 13.8. The number of allylic oxidation sites excluding steroid dienone is 8. The molecule has 0 bridgehead atoms. The summed E-state index contributed by atoms with van der Waals surface area (Å²) in [6.07, 6.45) is 74.3. The Balaban J connectivity index is 4.01. The van der Waals surface area contributed by atoms with E-state index in [1.165, 1.54) is 205 Å². The van der Waals surface area contributed by atoms with Crippen molar-refractivity contribution in [3.05, 3.63) is 48.6 Å². The highest BCUT2D eigenvalue weighted by Gasteiger charge is 2.19.